The molecule has 1 atom stereocenters. The van der Waals surface area contributed by atoms with Crippen LogP contribution in [-0.2, 0) is 11.3 Å². The molecule has 0 saturated heterocycles. The van der Waals surface area contributed by atoms with E-state index in [2.05, 4.69) is 10.3 Å². The van der Waals surface area contributed by atoms with E-state index in [-0.39, 0.29) is 18.5 Å². The van der Waals surface area contributed by atoms with Crippen LogP contribution in [0.2, 0.25) is 0 Å². The Kier molecular flexibility index (Phi) is 4.69. The van der Waals surface area contributed by atoms with E-state index in [0.717, 1.165) is 33.7 Å². The fourth-order valence-corrected chi connectivity index (χ4v) is 3.51. The van der Waals surface area contributed by atoms with Gasteiger partial charge in [0.1, 0.15) is 6.54 Å². The van der Waals surface area contributed by atoms with E-state index < -0.39 is 0 Å². The summed E-state index contributed by atoms with van der Waals surface area (Å²) in [7, 11) is 0. The Balaban J connectivity index is 1.66. The first-order chi connectivity index (χ1) is 13.5. The van der Waals surface area contributed by atoms with Crippen molar-refractivity contribution in [3.8, 4) is 5.82 Å². The van der Waals surface area contributed by atoms with Crippen molar-refractivity contribution in [3.63, 3.8) is 0 Å². The number of amides is 1. The standard InChI is InChI=1S/C22H23N5O/c1-15-13-16(2)23-21-20(15)22(26-11-7-8-12-26)25-27(21)14-19(28)24-17(3)18-9-5-4-6-10-18/h4-13,17H,14H2,1-3H3,(H,24,28)/t17-/m0/s1. The van der Waals surface area contributed by atoms with Gasteiger partial charge >= 0.3 is 0 Å². The molecule has 142 valence electrons. The Morgan fingerprint density at radius 1 is 1.11 bits per heavy atom. The molecule has 4 aromatic rings. The van der Waals surface area contributed by atoms with Gasteiger partial charge in [-0.1, -0.05) is 30.3 Å². The van der Waals surface area contributed by atoms with Crippen molar-refractivity contribution in [2.45, 2.75) is 33.4 Å². The van der Waals surface area contributed by atoms with Gasteiger partial charge in [-0.2, -0.15) is 5.10 Å². The minimum atomic E-state index is -0.0965. The maximum atomic E-state index is 12.7. The van der Waals surface area contributed by atoms with Crippen molar-refractivity contribution in [1.82, 2.24) is 24.6 Å². The number of pyridine rings is 1. The van der Waals surface area contributed by atoms with E-state index in [4.69, 9.17) is 5.10 Å². The number of hydrogen-bond acceptors (Lipinski definition) is 3. The van der Waals surface area contributed by atoms with Crippen LogP contribution in [0.1, 0.15) is 29.8 Å². The lowest BCUT2D eigenvalue weighted by Crippen LogP contribution is -2.30. The zero-order valence-corrected chi connectivity index (χ0v) is 16.3. The second-order valence-corrected chi connectivity index (χ2v) is 7.05. The number of hydrogen-bond donors (Lipinski definition) is 1. The summed E-state index contributed by atoms with van der Waals surface area (Å²) < 4.78 is 3.64. The lowest BCUT2D eigenvalue weighted by atomic mass is 10.1. The monoisotopic (exact) mass is 373 g/mol. The number of aryl methyl sites for hydroxylation is 2. The lowest BCUT2D eigenvalue weighted by molar-refractivity contribution is -0.122. The number of carbonyl (C=O) groups excluding carboxylic acids is 1. The van der Waals surface area contributed by atoms with E-state index in [0.29, 0.717) is 0 Å². The van der Waals surface area contributed by atoms with Crippen LogP contribution in [0.5, 0.6) is 0 Å². The Morgan fingerprint density at radius 3 is 2.54 bits per heavy atom. The third-order valence-electron chi connectivity index (χ3n) is 4.83. The zero-order valence-electron chi connectivity index (χ0n) is 16.3. The molecule has 6 nitrogen and oxygen atoms in total. The van der Waals surface area contributed by atoms with Gasteiger partial charge in [0.05, 0.1) is 11.4 Å². The Hall–Kier alpha value is -3.41. The molecular weight excluding hydrogens is 350 g/mol. The third-order valence-corrected chi connectivity index (χ3v) is 4.83. The van der Waals surface area contributed by atoms with Crippen LogP contribution in [-0.4, -0.2) is 25.2 Å². The molecule has 1 aromatic carbocycles. The molecule has 1 amide bonds. The summed E-state index contributed by atoms with van der Waals surface area (Å²) in [5.41, 5.74) is 3.79. The number of rotatable bonds is 5. The molecule has 0 spiro atoms. The van der Waals surface area contributed by atoms with Crippen LogP contribution in [0.15, 0.2) is 60.9 Å². The van der Waals surface area contributed by atoms with Crippen molar-refractivity contribution < 1.29 is 4.79 Å². The van der Waals surface area contributed by atoms with E-state index in [1.165, 1.54) is 0 Å². The Morgan fingerprint density at radius 2 is 1.82 bits per heavy atom. The summed E-state index contributed by atoms with van der Waals surface area (Å²) in [6, 6.07) is 15.8. The molecule has 0 bridgehead atoms. The maximum absolute atomic E-state index is 12.7. The molecule has 3 aromatic heterocycles. The highest BCUT2D eigenvalue weighted by Gasteiger charge is 2.18. The summed E-state index contributed by atoms with van der Waals surface area (Å²) in [5.74, 6) is 0.690. The highest BCUT2D eigenvalue weighted by atomic mass is 16.2. The van der Waals surface area contributed by atoms with Crippen LogP contribution < -0.4 is 5.32 Å². The van der Waals surface area contributed by atoms with Gasteiger partial charge in [-0.3, -0.25) is 4.79 Å². The normalized spacial score (nSPS) is 12.2. The average Bonchev–Trinajstić information content (AvgIpc) is 3.31. The summed E-state index contributed by atoms with van der Waals surface area (Å²) >= 11 is 0. The van der Waals surface area contributed by atoms with Gasteiger partial charge in [-0.25, -0.2) is 9.67 Å². The van der Waals surface area contributed by atoms with Gasteiger partial charge in [0.2, 0.25) is 5.91 Å². The van der Waals surface area contributed by atoms with Crippen molar-refractivity contribution >= 4 is 16.9 Å². The molecule has 0 fully saturated rings. The van der Waals surface area contributed by atoms with Crippen LogP contribution in [0.25, 0.3) is 16.9 Å². The van der Waals surface area contributed by atoms with Gasteiger partial charge in [0.15, 0.2) is 11.5 Å². The molecule has 0 aliphatic carbocycles. The molecule has 1 N–H and O–H groups in total. The minimum Gasteiger partial charge on any atom is -0.348 e. The number of nitrogens with zero attached hydrogens (tertiary/aromatic N) is 4. The summed E-state index contributed by atoms with van der Waals surface area (Å²) in [6.07, 6.45) is 3.89. The topological polar surface area (TPSA) is 64.7 Å². The van der Waals surface area contributed by atoms with Crippen LogP contribution in [0.4, 0.5) is 0 Å². The molecular formula is C22H23N5O. The van der Waals surface area contributed by atoms with Crippen LogP contribution in [0.3, 0.4) is 0 Å². The SMILES string of the molecule is Cc1cc(C)c2c(-n3cccc3)nn(CC(=O)N[C@@H](C)c3ccccc3)c2n1. The minimum absolute atomic E-state index is 0.0733. The quantitative estimate of drug-likeness (QED) is 0.580. The number of nitrogens with one attached hydrogen (secondary N) is 1. The fourth-order valence-electron chi connectivity index (χ4n) is 3.51. The largest absolute Gasteiger partial charge is 0.348 e. The molecule has 0 radical (unpaired) electrons. The summed E-state index contributed by atoms with van der Waals surface area (Å²) in [6.45, 7) is 6.10. The van der Waals surface area contributed by atoms with Crippen LogP contribution >= 0.6 is 0 Å². The number of fused-ring (bicyclic) bond motifs is 1. The van der Waals surface area contributed by atoms with Gasteiger partial charge in [0, 0.05) is 18.1 Å². The summed E-state index contributed by atoms with van der Waals surface area (Å²) in [4.78, 5) is 17.4. The predicted molar refractivity (Wildman–Crippen MR) is 109 cm³/mol. The molecule has 0 saturated carbocycles. The van der Waals surface area contributed by atoms with Crippen molar-refractivity contribution in [1.29, 1.82) is 0 Å². The van der Waals surface area contributed by atoms with E-state index >= 15 is 0 Å². The molecule has 0 aliphatic rings. The van der Waals surface area contributed by atoms with E-state index in [1.807, 2.05) is 86.3 Å². The number of benzene rings is 1. The molecule has 3 heterocycles. The van der Waals surface area contributed by atoms with Gasteiger partial charge in [-0.15, -0.1) is 0 Å². The highest BCUT2D eigenvalue weighted by Crippen LogP contribution is 2.25. The third kappa shape index (κ3) is 3.41. The van der Waals surface area contributed by atoms with Crippen LogP contribution in [0, 0.1) is 13.8 Å². The number of aromatic nitrogens is 4. The Bertz CT molecular complexity index is 1110. The first kappa shape index (κ1) is 18.0. The molecule has 0 aliphatic heterocycles. The predicted octanol–water partition coefficient (Wildman–Crippen LogP) is 3.72. The second kappa shape index (κ2) is 7.31. The van der Waals surface area contributed by atoms with Crippen molar-refractivity contribution in [2.75, 3.05) is 0 Å². The van der Waals surface area contributed by atoms with Gasteiger partial charge in [0.25, 0.3) is 0 Å². The first-order valence-corrected chi connectivity index (χ1v) is 9.35. The van der Waals surface area contributed by atoms with E-state index in [9.17, 15) is 4.79 Å². The smallest absolute Gasteiger partial charge is 0.242 e. The van der Waals surface area contributed by atoms with E-state index in [1.54, 1.807) is 4.68 Å². The van der Waals surface area contributed by atoms with Gasteiger partial charge in [-0.05, 0) is 50.1 Å². The maximum Gasteiger partial charge on any atom is 0.242 e. The molecule has 6 heteroatoms. The van der Waals surface area contributed by atoms with Crippen molar-refractivity contribution in [2.24, 2.45) is 0 Å². The summed E-state index contributed by atoms with van der Waals surface area (Å²) in [5, 5.41) is 8.72. The Labute approximate surface area is 163 Å². The zero-order chi connectivity index (χ0) is 19.7. The lowest BCUT2D eigenvalue weighted by Gasteiger charge is -2.14. The second-order valence-electron chi connectivity index (χ2n) is 7.05. The number of carbonyl (C=O) groups is 1. The molecule has 28 heavy (non-hydrogen) atoms. The molecule has 4 rings (SSSR count). The fraction of sp³-hybridized carbons (Fsp3) is 0.227. The molecule has 0 unspecified atom stereocenters. The highest BCUT2D eigenvalue weighted by molar-refractivity contribution is 5.88. The first-order valence-electron chi connectivity index (χ1n) is 9.35. The average molecular weight is 373 g/mol. The van der Waals surface area contributed by atoms with Gasteiger partial charge < -0.3 is 9.88 Å². The van der Waals surface area contributed by atoms with Crippen molar-refractivity contribution in [3.05, 3.63) is 77.7 Å².